The Morgan fingerprint density at radius 1 is 1.07 bits per heavy atom. The number of rotatable bonds is 7. The van der Waals surface area contributed by atoms with Gasteiger partial charge in [0.15, 0.2) is 0 Å². The van der Waals surface area contributed by atoms with Gasteiger partial charge in [-0.25, -0.2) is 9.18 Å². The molecule has 1 N–H and O–H groups in total. The quantitative estimate of drug-likeness (QED) is 0.316. The number of hydrogen-bond donors (Lipinski definition) is 1. The van der Waals surface area contributed by atoms with E-state index in [9.17, 15) is 13.6 Å². The molecule has 0 radical (unpaired) electrons. The van der Waals surface area contributed by atoms with Crippen LogP contribution >= 0.6 is 0 Å². The predicted octanol–water partition coefficient (Wildman–Crippen LogP) is 3.80. The van der Waals surface area contributed by atoms with Crippen LogP contribution in [-0.2, 0) is 11.3 Å². The Balaban J connectivity index is 1.27. The number of aromatic amines is 1. The highest BCUT2D eigenvalue weighted by Crippen LogP contribution is 2.32. The average molecular weight is 567 g/mol. The van der Waals surface area contributed by atoms with E-state index in [1.165, 1.54) is 16.8 Å². The lowest BCUT2D eigenvalue weighted by atomic mass is 10.0. The summed E-state index contributed by atoms with van der Waals surface area (Å²) >= 11 is 0. The smallest absolute Gasteiger partial charge is 0.329 e. The third-order valence-electron chi connectivity index (χ3n) is 7.81. The van der Waals surface area contributed by atoms with Crippen molar-refractivity contribution in [3.05, 3.63) is 70.7 Å². The summed E-state index contributed by atoms with van der Waals surface area (Å²) in [7, 11) is 0. The normalized spacial score (nSPS) is 18.4. The largest absolute Gasteiger partial charge is 0.415 e. The molecule has 11 nitrogen and oxygen atoms in total. The van der Waals surface area contributed by atoms with Crippen molar-refractivity contribution in [2.75, 3.05) is 26.3 Å². The van der Waals surface area contributed by atoms with Crippen molar-refractivity contribution in [3.63, 3.8) is 0 Å². The fraction of sp³-hybridized carbons (Fsp3) is 0.370. The number of H-pyrrole nitrogens is 1. The second-order valence-electron chi connectivity index (χ2n) is 10.3. The summed E-state index contributed by atoms with van der Waals surface area (Å²) in [6.45, 7) is 3.10. The molecule has 1 atom stereocenters. The molecule has 41 heavy (non-hydrogen) atoms. The molecule has 212 valence electrons. The topological polar surface area (TPSA) is 120 Å². The van der Waals surface area contributed by atoms with Crippen molar-refractivity contribution in [3.8, 4) is 22.6 Å². The highest BCUT2D eigenvalue weighted by molar-refractivity contribution is 5.83. The fourth-order valence-corrected chi connectivity index (χ4v) is 5.63. The van der Waals surface area contributed by atoms with Crippen LogP contribution in [0.4, 0.5) is 13.2 Å². The van der Waals surface area contributed by atoms with E-state index in [1.54, 1.807) is 35.2 Å². The zero-order chi connectivity index (χ0) is 28.1. The van der Waals surface area contributed by atoms with Gasteiger partial charge < -0.3 is 9.15 Å². The van der Waals surface area contributed by atoms with Crippen LogP contribution in [0.25, 0.3) is 33.6 Å². The molecule has 7 rings (SSSR count). The van der Waals surface area contributed by atoms with Crippen molar-refractivity contribution >= 4 is 11.0 Å². The van der Waals surface area contributed by atoms with Crippen LogP contribution in [0.2, 0.25) is 0 Å². The van der Waals surface area contributed by atoms with Gasteiger partial charge in [-0.05, 0) is 37.6 Å². The number of ether oxygens (including phenoxy) is 1. The summed E-state index contributed by atoms with van der Waals surface area (Å²) in [5.74, 6) is -1.33. The number of likely N-dealkylation sites (tertiary alicyclic amines) is 1. The first-order valence-electron chi connectivity index (χ1n) is 13.3. The number of fused-ring (bicyclic) bond motifs is 1. The molecule has 0 aliphatic carbocycles. The summed E-state index contributed by atoms with van der Waals surface area (Å²) in [6.07, 6.45) is 3.45. The number of hydrogen-bond acceptors (Lipinski definition) is 8. The molecular formula is C27H25F3N8O3. The number of alkyl halides is 2. The molecule has 5 aromatic rings. The van der Waals surface area contributed by atoms with E-state index in [2.05, 4.69) is 30.3 Å². The Morgan fingerprint density at radius 3 is 2.63 bits per heavy atom. The van der Waals surface area contributed by atoms with E-state index < -0.39 is 18.1 Å². The second kappa shape index (κ2) is 10.3. The Kier molecular flexibility index (Phi) is 6.43. The zero-order valence-electron chi connectivity index (χ0n) is 21.7. The molecule has 14 heteroatoms. The van der Waals surface area contributed by atoms with Crippen molar-refractivity contribution in [2.24, 2.45) is 0 Å². The molecular weight excluding hydrogens is 541 g/mol. The van der Waals surface area contributed by atoms with Gasteiger partial charge in [-0.3, -0.25) is 24.1 Å². The fourth-order valence-electron chi connectivity index (χ4n) is 5.63. The Morgan fingerprint density at radius 2 is 1.95 bits per heavy atom. The van der Waals surface area contributed by atoms with Gasteiger partial charge in [0, 0.05) is 36.1 Å². The van der Waals surface area contributed by atoms with E-state index in [0.29, 0.717) is 59.2 Å². The number of imidazole rings is 1. The highest BCUT2D eigenvalue weighted by Gasteiger charge is 2.33. The van der Waals surface area contributed by atoms with Gasteiger partial charge in [-0.2, -0.15) is 13.9 Å². The third kappa shape index (κ3) is 4.62. The Labute approximate surface area is 230 Å². The van der Waals surface area contributed by atoms with Gasteiger partial charge in [0.05, 0.1) is 60.3 Å². The molecule has 0 spiro atoms. The lowest BCUT2D eigenvalue weighted by Crippen LogP contribution is -2.53. The maximum absolute atomic E-state index is 15.4. The highest BCUT2D eigenvalue weighted by atomic mass is 19.3. The molecule has 2 aliphatic rings. The maximum atomic E-state index is 15.4. The van der Waals surface area contributed by atoms with Crippen LogP contribution < -0.4 is 5.69 Å². The molecule has 0 bridgehead atoms. The molecule has 2 fully saturated rings. The molecule has 0 saturated carbocycles. The number of nitrogens with one attached hydrogen (secondary N) is 1. The Hall–Kier alpha value is -4.30. The van der Waals surface area contributed by atoms with E-state index in [-0.39, 0.29) is 24.2 Å². The van der Waals surface area contributed by atoms with Crippen LogP contribution in [0, 0.1) is 5.82 Å². The van der Waals surface area contributed by atoms with Gasteiger partial charge in [-0.15, -0.1) is 10.2 Å². The van der Waals surface area contributed by atoms with Crippen LogP contribution in [0.1, 0.15) is 36.9 Å². The average Bonchev–Trinajstić information content (AvgIpc) is 3.69. The van der Waals surface area contributed by atoms with E-state index in [0.717, 1.165) is 19.4 Å². The van der Waals surface area contributed by atoms with E-state index in [4.69, 9.17) is 9.15 Å². The van der Waals surface area contributed by atoms with Gasteiger partial charge in [0.1, 0.15) is 5.82 Å². The summed E-state index contributed by atoms with van der Waals surface area (Å²) < 4.78 is 54.8. The summed E-state index contributed by atoms with van der Waals surface area (Å²) in [4.78, 5) is 20.8. The summed E-state index contributed by atoms with van der Waals surface area (Å²) in [5.41, 5.74) is 2.63. The van der Waals surface area contributed by atoms with Gasteiger partial charge >= 0.3 is 12.1 Å². The van der Waals surface area contributed by atoms with Gasteiger partial charge in [-0.1, -0.05) is 0 Å². The predicted molar refractivity (Wildman–Crippen MR) is 140 cm³/mol. The number of benzene rings is 1. The van der Waals surface area contributed by atoms with Crippen molar-refractivity contribution in [1.82, 2.24) is 39.4 Å². The monoisotopic (exact) mass is 566 g/mol. The number of nitrogens with zero attached hydrogens (tertiary/aromatic N) is 7. The zero-order valence-corrected chi connectivity index (χ0v) is 21.7. The first-order valence-corrected chi connectivity index (χ1v) is 13.3. The van der Waals surface area contributed by atoms with Crippen LogP contribution in [-0.4, -0.2) is 71.8 Å². The molecule has 2 saturated heterocycles. The first kappa shape index (κ1) is 25.7. The van der Waals surface area contributed by atoms with Crippen LogP contribution in [0.15, 0.2) is 52.1 Å². The second-order valence-corrected chi connectivity index (χ2v) is 10.3. The minimum atomic E-state index is -2.87. The first-order chi connectivity index (χ1) is 20.0. The molecule has 4 aromatic heterocycles. The molecule has 0 amide bonds. The van der Waals surface area contributed by atoms with E-state index >= 15 is 4.39 Å². The van der Waals surface area contributed by atoms with E-state index in [1.807, 2.05) is 0 Å². The van der Waals surface area contributed by atoms with Gasteiger partial charge in [0.25, 0.3) is 5.89 Å². The standard InChI is InChI=1S/C27H25F3N8O3/c28-21-7-22-23(6-20(21)16-9-32-33-10-16)38(18-2-1-5-36(12-18)19-13-40-14-19)27(39)37(22)11-17-4-3-15(8-31-17)25-34-35-26(41-25)24(29)30/h3-4,6-10,18-19,24H,1-2,5,11-14H2,(H,32,33)/t18-/m1/s1. The SMILES string of the molecule is O=c1n(Cc2ccc(-c3nnc(C(F)F)o3)cn2)c2cc(F)c(-c3cn[nH]c3)cc2n1[C@@H]1CCCN(C2COC2)C1. The molecule has 1 aromatic carbocycles. The summed E-state index contributed by atoms with van der Waals surface area (Å²) in [6, 6.07) is 6.60. The minimum absolute atomic E-state index is 0.0755. The lowest BCUT2D eigenvalue weighted by molar-refractivity contribution is -0.0751. The minimum Gasteiger partial charge on any atom is -0.415 e. The number of piperidine rings is 1. The maximum Gasteiger partial charge on any atom is 0.329 e. The third-order valence-corrected chi connectivity index (χ3v) is 7.81. The summed E-state index contributed by atoms with van der Waals surface area (Å²) in [5, 5.41) is 13.6. The molecule has 2 aliphatic heterocycles. The molecule has 0 unspecified atom stereocenters. The Bertz CT molecular complexity index is 1740. The molecule has 6 heterocycles. The lowest BCUT2D eigenvalue weighted by Gasteiger charge is -2.42. The van der Waals surface area contributed by atoms with Crippen molar-refractivity contribution in [2.45, 2.75) is 37.9 Å². The van der Waals surface area contributed by atoms with Gasteiger partial charge in [0.2, 0.25) is 5.89 Å². The number of halogens is 3. The number of pyridine rings is 1. The van der Waals surface area contributed by atoms with Crippen molar-refractivity contribution < 1.29 is 22.3 Å². The van der Waals surface area contributed by atoms with Crippen LogP contribution in [0.3, 0.4) is 0 Å². The number of aromatic nitrogens is 7. The van der Waals surface area contributed by atoms with Crippen molar-refractivity contribution in [1.29, 1.82) is 0 Å². The van der Waals surface area contributed by atoms with Crippen LogP contribution in [0.5, 0.6) is 0 Å².